The number of rotatable bonds is 12. The number of aryl methyl sites for hydroxylation is 1. The molecule has 0 aliphatic heterocycles. The largest absolute Gasteiger partial charge is 0.491 e. The molecule has 0 aliphatic rings. The summed E-state index contributed by atoms with van der Waals surface area (Å²) >= 11 is 0. The fourth-order valence-corrected chi connectivity index (χ4v) is 1.98. The van der Waals surface area contributed by atoms with Gasteiger partial charge in [-0.15, -0.1) is 6.58 Å². The van der Waals surface area contributed by atoms with Gasteiger partial charge in [0, 0.05) is 6.61 Å². The highest BCUT2D eigenvalue weighted by Crippen LogP contribution is 2.14. The number of benzene rings is 1. The summed E-state index contributed by atoms with van der Waals surface area (Å²) in [4.78, 5) is 0. The Hall–Kier alpha value is -1.28. The van der Waals surface area contributed by atoms with Crippen molar-refractivity contribution in [3.05, 3.63) is 42.5 Å². The van der Waals surface area contributed by atoms with E-state index in [-0.39, 0.29) is 0 Å². The van der Waals surface area contributed by atoms with E-state index < -0.39 is 0 Å². The fraction of sp³-hybridized carbons (Fsp3) is 0.556. The topological polar surface area (TPSA) is 18.5 Å². The Kier molecular flexibility index (Phi) is 9.68. The van der Waals surface area contributed by atoms with Gasteiger partial charge in [0.1, 0.15) is 12.4 Å². The van der Waals surface area contributed by atoms with Gasteiger partial charge in [0.2, 0.25) is 0 Å². The lowest BCUT2D eigenvalue weighted by Crippen LogP contribution is -2.07. The van der Waals surface area contributed by atoms with Crippen LogP contribution >= 0.6 is 0 Å². The lowest BCUT2D eigenvalue weighted by molar-refractivity contribution is 0.0973. The molecule has 0 atom stereocenters. The molecule has 0 saturated heterocycles. The van der Waals surface area contributed by atoms with Crippen LogP contribution in [0.1, 0.15) is 44.6 Å². The van der Waals surface area contributed by atoms with Gasteiger partial charge in [-0.1, -0.05) is 38.0 Å². The molecule has 0 N–H and O–H groups in total. The Morgan fingerprint density at radius 3 is 2.50 bits per heavy atom. The molecule has 1 rings (SSSR count). The Morgan fingerprint density at radius 1 is 1.00 bits per heavy atom. The van der Waals surface area contributed by atoms with E-state index in [1.165, 1.54) is 18.4 Å². The Balaban J connectivity index is 2.10. The molecule has 20 heavy (non-hydrogen) atoms. The molecule has 0 heterocycles. The zero-order chi connectivity index (χ0) is 14.5. The van der Waals surface area contributed by atoms with Crippen molar-refractivity contribution in [1.82, 2.24) is 0 Å². The number of hydrogen-bond donors (Lipinski definition) is 0. The van der Waals surface area contributed by atoms with Crippen LogP contribution in [0, 0.1) is 0 Å². The second-order valence-corrected chi connectivity index (χ2v) is 4.99. The van der Waals surface area contributed by atoms with E-state index in [2.05, 4.69) is 25.6 Å². The third kappa shape index (κ3) is 8.00. The summed E-state index contributed by atoms with van der Waals surface area (Å²) in [6.45, 7) is 8.08. The maximum absolute atomic E-state index is 5.65. The Labute approximate surface area is 123 Å². The molecule has 0 unspecified atom stereocenters. The van der Waals surface area contributed by atoms with Crippen LogP contribution in [0.2, 0.25) is 0 Å². The zero-order valence-corrected chi connectivity index (χ0v) is 12.8. The third-order valence-corrected chi connectivity index (χ3v) is 3.19. The molecular weight excluding hydrogens is 248 g/mol. The molecule has 0 saturated carbocycles. The van der Waals surface area contributed by atoms with Crippen molar-refractivity contribution in [2.45, 2.75) is 45.4 Å². The molecule has 0 radical (unpaired) electrons. The SMILES string of the molecule is C=CCCCc1ccc(OCCOCCCCC)cc1. The molecule has 1 aromatic carbocycles. The molecule has 2 nitrogen and oxygen atoms in total. The molecule has 2 heteroatoms. The molecule has 0 bridgehead atoms. The van der Waals surface area contributed by atoms with Gasteiger partial charge in [-0.25, -0.2) is 0 Å². The molecule has 112 valence electrons. The average Bonchev–Trinajstić information content (AvgIpc) is 2.48. The minimum absolute atomic E-state index is 0.627. The van der Waals surface area contributed by atoms with Crippen molar-refractivity contribution < 1.29 is 9.47 Å². The normalized spacial score (nSPS) is 10.4. The van der Waals surface area contributed by atoms with Crippen LogP contribution in [0.4, 0.5) is 0 Å². The van der Waals surface area contributed by atoms with Crippen LogP contribution in [-0.2, 0) is 11.2 Å². The Morgan fingerprint density at radius 2 is 1.80 bits per heavy atom. The standard InChI is InChI=1S/C18H28O2/c1-3-5-7-9-17-10-12-18(13-11-17)20-16-15-19-14-8-6-4-2/h3,10-13H,1,4-9,14-16H2,2H3. The van der Waals surface area contributed by atoms with E-state index in [4.69, 9.17) is 9.47 Å². The summed E-state index contributed by atoms with van der Waals surface area (Å²) in [5.41, 5.74) is 1.36. The lowest BCUT2D eigenvalue weighted by Gasteiger charge is -2.08. The summed E-state index contributed by atoms with van der Waals surface area (Å²) < 4.78 is 11.2. The number of unbranched alkanes of at least 4 members (excludes halogenated alkanes) is 3. The van der Waals surface area contributed by atoms with Gasteiger partial charge >= 0.3 is 0 Å². The Bertz CT molecular complexity index is 343. The second-order valence-electron chi connectivity index (χ2n) is 4.99. The van der Waals surface area contributed by atoms with E-state index in [0.717, 1.165) is 38.0 Å². The highest BCUT2D eigenvalue weighted by Gasteiger charge is 1.96. The highest BCUT2D eigenvalue weighted by molar-refractivity contribution is 5.27. The van der Waals surface area contributed by atoms with Gasteiger partial charge in [0.25, 0.3) is 0 Å². The van der Waals surface area contributed by atoms with Crippen molar-refractivity contribution in [2.75, 3.05) is 19.8 Å². The van der Waals surface area contributed by atoms with Gasteiger partial charge in [-0.3, -0.25) is 0 Å². The van der Waals surface area contributed by atoms with E-state index in [1.54, 1.807) is 0 Å². The molecule has 0 fully saturated rings. The van der Waals surface area contributed by atoms with Crippen molar-refractivity contribution in [1.29, 1.82) is 0 Å². The fourth-order valence-electron chi connectivity index (χ4n) is 1.98. The minimum atomic E-state index is 0.627. The van der Waals surface area contributed by atoms with Crippen molar-refractivity contribution >= 4 is 0 Å². The van der Waals surface area contributed by atoms with Gasteiger partial charge in [0.15, 0.2) is 0 Å². The average molecular weight is 276 g/mol. The van der Waals surface area contributed by atoms with Crippen LogP contribution in [-0.4, -0.2) is 19.8 Å². The molecule has 0 spiro atoms. The second kappa shape index (κ2) is 11.5. The van der Waals surface area contributed by atoms with E-state index >= 15 is 0 Å². The van der Waals surface area contributed by atoms with E-state index in [1.807, 2.05) is 18.2 Å². The third-order valence-electron chi connectivity index (χ3n) is 3.19. The van der Waals surface area contributed by atoms with Crippen LogP contribution in [0.15, 0.2) is 36.9 Å². The molecular formula is C18H28O2. The number of allylic oxidation sites excluding steroid dienone is 1. The molecule has 0 aliphatic carbocycles. The molecule has 0 aromatic heterocycles. The maximum Gasteiger partial charge on any atom is 0.119 e. The van der Waals surface area contributed by atoms with Crippen LogP contribution in [0.5, 0.6) is 5.75 Å². The van der Waals surface area contributed by atoms with Crippen LogP contribution < -0.4 is 4.74 Å². The zero-order valence-electron chi connectivity index (χ0n) is 12.8. The minimum Gasteiger partial charge on any atom is -0.491 e. The van der Waals surface area contributed by atoms with Gasteiger partial charge in [-0.05, 0) is 43.4 Å². The highest BCUT2D eigenvalue weighted by atomic mass is 16.5. The quantitative estimate of drug-likeness (QED) is 0.404. The van der Waals surface area contributed by atoms with Crippen molar-refractivity contribution in [3.8, 4) is 5.75 Å². The van der Waals surface area contributed by atoms with Crippen molar-refractivity contribution in [2.24, 2.45) is 0 Å². The predicted octanol–water partition coefficient (Wildman–Crippen LogP) is 4.78. The van der Waals surface area contributed by atoms with Gasteiger partial charge in [0.05, 0.1) is 6.61 Å². The summed E-state index contributed by atoms with van der Waals surface area (Å²) in [7, 11) is 0. The smallest absolute Gasteiger partial charge is 0.119 e. The van der Waals surface area contributed by atoms with E-state index in [0.29, 0.717) is 13.2 Å². The summed E-state index contributed by atoms with van der Waals surface area (Å²) in [6, 6.07) is 8.36. The maximum atomic E-state index is 5.65. The number of ether oxygens (including phenoxy) is 2. The first-order chi connectivity index (χ1) is 9.86. The summed E-state index contributed by atoms with van der Waals surface area (Å²) in [5.74, 6) is 0.926. The predicted molar refractivity (Wildman–Crippen MR) is 85.4 cm³/mol. The number of hydrogen-bond acceptors (Lipinski definition) is 2. The van der Waals surface area contributed by atoms with E-state index in [9.17, 15) is 0 Å². The first-order valence-electron chi connectivity index (χ1n) is 7.77. The van der Waals surface area contributed by atoms with Gasteiger partial charge in [-0.2, -0.15) is 0 Å². The van der Waals surface area contributed by atoms with Crippen LogP contribution in [0.25, 0.3) is 0 Å². The molecule has 1 aromatic rings. The summed E-state index contributed by atoms with van der Waals surface area (Å²) in [5, 5.41) is 0. The molecule has 0 amide bonds. The summed E-state index contributed by atoms with van der Waals surface area (Å²) in [6.07, 6.45) is 8.94. The monoisotopic (exact) mass is 276 g/mol. The van der Waals surface area contributed by atoms with Crippen molar-refractivity contribution in [3.63, 3.8) is 0 Å². The first kappa shape index (κ1) is 16.8. The first-order valence-corrected chi connectivity index (χ1v) is 7.77. The van der Waals surface area contributed by atoms with Crippen LogP contribution in [0.3, 0.4) is 0 Å². The lowest BCUT2D eigenvalue weighted by atomic mass is 10.1. The van der Waals surface area contributed by atoms with Gasteiger partial charge < -0.3 is 9.47 Å².